The number of fused-ring (bicyclic) bond motifs is 1. The number of carbonyl (C=O) groups excluding carboxylic acids is 1. The molecule has 4 nitrogen and oxygen atoms in total. The second kappa shape index (κ2) is 7.11. The molecular formula is C16H18ClN3OS. The summed E-state index contributed by atoms with van der Waals surface area (Å²) in [7, 11) is 0. The number of carbonyl (C=O) groups is 1. The van der Waals surface area contributed by atoms with E-state index in [4.69, 9.17) is 11.6 Å². The van der Waals surface area contributed by atoms with Crippen LogP contribution in [0, 0.1) is 0 Å². The summed E-state index contributed by atoms with van der Waals surface area (Å²) in [6, 6.07) is 6.79. The van der Waals surface area contributed by atoms with Crippen LogP contribution < -0.4 is 10.6 Å². The molecule has 0 aliphatic heterocycles. The number of nitrogens with zero attached hydrogens (tertiary/aromatic N) is 1. The molecular weight excluding hydrogens is 318 g/mol. The SMILES string of the molecule is O=C(Nc1cccc(Cl)c1)Nc1nc2c(s1)CCCCCC2. The van der Waals surface area contributed by atoms with Gasteiger partial charge in [-0.05, 0) is 43.9 Å². The smallest absolute Gasteiger partial charge is 0.308 e. The van der Waals surface area contributed by atoms with Gasteiger partial charge in [-0.25, -0.2) is 9.78 Å². The zero-order valence-corrected chi connectivity index (χ0v) is 13.8. The van der Waals surface area contributed by atoms with Crippen molar-refractivity contribution in [2.45, 2.75) is 38.5 Å². The molecule has 2 amide bonds. The summed E-state index contributed by atoms with van der Waals surface area (Å²) < 4.78 is 0. The monoisotopic (exact) mass is 335 g/mol. The highest BCUT2D eigenvalue weighted by atomic mass is 35.5. The third-order valence-electron chi connectivity index (χ3n) is 3.65. The Bertz CT molecular complexity index is 646. The Labute approximate surface area is 138 Å². The largest absolute Gasteiger partial charge is 0.325 e. The van der Waals surface area contributed by atoms with E-state index in [-0.39, 0.29) is 6.03 Å². The Morgan fingerprint density at radius 2 is 1.95 bits per heavy atom. The molecule has 3 rings (SSSR count). The minimum Gasteiger partial charge on any atom is -0.308 e. The van der Waals surface area contributed by atoms with Crippen LogP contribution in [0.4, 0.5) is 15.6 Å². The molecule has 22 heavy (non-hydrogen) atoms. The molecule has 1 aliphatic carbocycles. The van der Waals surface area contributed by atoms with E-state index in [0.29, 0.717) is 15.8 Å². The lowest BCUT2D eigenvalue weighted by Gasteiger charge is -2.06. The molecule has 0 spiro atoms. The number of halogens is 1. The normalized spacial score (nSPS) is 14.6. The summed E-state index contributed by atoms with van der Waals surface area (Å²) in [4.78, 5) is 17.9. The van der Waals surface area contributed by atoms with Crippen LogP contribution in [0.1, 0.15) is 36.3 Å². The first kappa shape index (κ1) is 15.3. The van der Waals surface area contributed by atoms with Gasteiger partial charge in [0.05, 0.1) is 5.69 Å². The summed E-state index contributed by atoms with van der Waals surface area (Å²) in [5, 5.41) is 6.86. The number of aromatic nitrogens is 1. The van der Waals surface area contributed by atoms with Crippen molar-refractivity contribution in [2.24, 2.45) is 0 Å². The highest BCUT2D eigenvalue weighted by molar-refractivity contribution is 7.15. The molecule has 0 radical (unpaired) electrons. The van der Waals surface area contributed by atoms with Gasteiger partial charge in [0.1, 0.15) is 0 Å². The molecule has 0 atom stereocenters. The second-order valence-electron chi connectivity index (χ2n) is 5.39. The number of thiazole rings is 1. The van der Waals surface area contributed by atoms with Crippen LogP contribution in [0.15, 0.2) is 24.3 Å². The van der Waals surface area contributed by atoms with Gasteiger partial charge in [-0.3, -0.25) is 5.32 Å². The molecule has 0 saturated carbocycles. The first-order chi connectivity index (χ1) is 10.7. The van der Waals surface area contributed by atoms with Crippen molar-refractivity contribution < 1.29 is 4.79 Å². The molecule has 1 heterocycles. The molecule has 0 bridgehead atoms. The second-order valence-corrected chi connectivity index (χ2v) is 6.91. The Hall–Kier alpha value is -1.59. The van der Waals surface area contributed by atoms with Gasteiger partial charge >= 0.3 is 6.03 Å². The Morgan fingerprint density at radius 3 is 2.77 bits per heavy atom. The third kappa shape index (κ3) is 3.99. The lowest BCUT2D eigenvalue weighted by Crippen LogP contribution is -2.19. The maximum Gasteiger partial charge on any atom is 0.325 e. The number of hydrogen-bond acceptors (Lipinski definition) is 3. The molecule has 1 aromatic carbocycles. The van der Waals surface area contributed by atoms with E-state index in [1.165, 1.54) is 30.6 Å². The van der Waals surface area contributed by atoms with Crippen molar-refractivity contribution >= 4 is 39.8 Å². The first-order valence-electron chi connectivity index (χ1n) is 7.53. The molecule has 0 saturated heterocycles. The minimum absolute atomic E-state index is 0.288. The predicted octanol–water partition coefficient (Wildman–Crippen LogP) is 5.10. The zero-order valence-electron chi connectivity index (χ0n) is 12.2. The highest BCUT2D eigenvalue weighted by Crippen LogP contribution is 2.28. The average molecular weight is 336 g/mol. The standard InChI is InChI=1S/C16H18ClN3OS/c17-11-6-5-7-12(10-11)18-15(21)20-16-19-13-8-3-1-2-4-9-14(13)22-16/h5-7,10H,1-4,8-9H2,(H2,18,19,20,21). The Morgan fingerprint density at radius 1 is 1.14 bits per heavy atom. The van der Waals surface area contributed by atoms with E-state index in [9.17, 15) is 4.79 Å². The van der Waals surface area contributed by atoms with E-state index in [0.717, 1.165) is 18.5 Å². The lowest BCUT2D eigenvalue weighted by atomic mass is 10.0. The maximum absolute atomic E-state index is 12.0. The van der Waals surface area contributed by atoms with Crippen LogP contribution in [0.3, 0.4) is 0 Å². The maximum atomic E-state index is 12.0. The van der Waals surface area contributed by atoms with Crippen molar-refractivity contribution in [3.8, 4) is 0 Å². The van der Waals surface area contributed by atoms with Crippen LogP contribution in [0.2, 0.25) is 5.02 Å². The van der Waals surface area contributed by atoms with Crippen LogP contribution in [0.5, 0.6) is 0 Å². The topological polar surface area (TPSA) is 54.0 Å². The van der Waals surface area contributed by atoms with Gasteiger partial charge in [-0.1, -0.05) is 30.5 Å². The fraction of sp³-hybridized carbons (Fsp3) is 0.375. The van der Waals surface area contributed by atoms with Crippen LogP contribution in [-0.2, 0) is 12.8 Å². The number of benzene rings is 1. The van der Waals surface area contributed by atoms with Crippen LogP contribution in [0.25, 0.3) is 0 Å². The van der Waals surface area contributed by atoms with Gasteiger partial charge < -0.3 is 5.32 Å². The fourth-order valence-electron chi connectivity index (χ4n) is 2.58. The van der Waals surface area contributed by atoms with Crippen molar-refractivity contribution in [1.29, 1.82) is 0 Å². The van der Waals surface area contributed by atoms with Crippen molar-refractivity contribution in [3.05, 3.63) is 39.9 Å². The number of urea groups is 1. The summed E-state index contributed by atoms with van der Waals surface area (Å²) in [6.45, 7) is 0. The fourth-order valence-corrected chi connectivity index (χ4v) is 3.82. The molecule has 2 aromatic rings. The molecule has 116 valence electrons. The van der Waals surface area contributed by atoms with E-state index < -0.39 is 0 Å². The number of anilines is 2. The summed E-state index contributed by atoms with van der Waals surface area (Å²) in [5.74, 6) is 0. The van der Waals surface area contributed by atoms with Crippen molar-refractivity contribution in [2.75, 3.05) is 10.6 Å². The number of hydrogen-bond donors (Lipinski definition) is 2. The quantitative estimate of drug-likeness (QED) is 0.802. The van der Waals surface area contributed by atoms with Crippen LogP contribution in [-0.4, -0.2) is 11.0 Å². The van der Waals surface area contributed by atoms with Gasteiger partial charge in [-0.15, -0.1) is 11.3 Å². The Kier molecular flexibility index (Phi) is 4.95. The van der Waals surface area contributed by atoms with Gasteiger partial charge in [0.15, 0.2) is 5.13 Å². The molecule has 1 aromatic heterocycles. The molecule has 0 unspecified atom stereocenters. The number of nitrogens with one attached hydrogen (secondary N) is 2. The van der Waals surface area contributed by atoms with Crippen molar-refractivity contribution in [3.63, 3.8) is 0 Å². The van der Waals surface area contributed by atoms with E-state index in [2.05, 4.69) is 15.6 Å². The lowest BCUT2D eigenvalue weighted by molar-refractivity contribution is 0.262. The van der Waals surface area contributed by atoms with Gasteiger partial charge in [0.25, 0.3) is 0 Å². The number of amides is 2. The van der Waals surface area contributed by atoms with Gasteiger partial charge in [-0.2, -0.15) is 0 Å². The third-order valence-corrected chi connectivity index (χ3v) is 4.96. The Balaban J connectivity index is 1.65. The molecule has 0 fully saturated rings. The number of aryl methyl sites for hydroxylation is 2. The van der Waals surface area contributed by atoms with E-state index in [1.807, 2.05) is 0 Å². The molecule has 2 N–H and O–H groups in total. The van der Waals surface area contributed by atoms with Crippen LogP contribution >= 0.6 is 22.9 Å². The summed E-state index contributed by atoms with van der Waals surface area (Å²) in [6.07, 6.45) is 7.05. The summed E-state index contributed by atoms with van der Waals surface area (Å²) >= 11 is 7.50. The molecule has 1 aliphatic rings. The first-order valence-corrected chi connectivity index (χ1v) is 8.72. The van der Waals surface area contributed by atoms with Gasteiger partial charge in [0.2, 0.25) is 0 Å². The van der Waals surface area contributed by atoms with E-state index >= 15 is 0 Å². The zero-order chi connectivity index (χ0) is 15.4. The van der Waals surface area contributed by atoms with Crippen molar-refractivity contribution in [1.82, 2.24) is 4.98 Å². The summed E-state index contributed by atoms with van der Waals surface area (Å²) in [5.41, 5.74) is 1.82. The average Bonchev–Trinajstić information content (AvgIpc) is 2.80. The molecule has 6 heteroatoms. The minimum atomic E-state index is -0.288. The highest BCUT2D eigenvalue weighted by Gasteiger charge is 2.14. The van der Waals surface area contributed by atoms with Gasteiger partial charge in [0, 0.05) is 15.6 Å². The number of rotatable bonds is 2. The van der Waals surface area contributed by atoms with E-state index in [1.54, 1.807) is 35.6 Å². The predicted molar refractivity (Wildman–Crippen MR) is 92.1 cm³/mol.